The van der Waals surface area contributed by atoms with E-state index in [2.05, 4.69) is 54.8 Å². The van der Waals surface area contributed by atoms with Crippen LogP contribution in [-0.2, 0) is 6.54 Å². The molecule has 0 amide bonds. The van der Waals surface area contributed by atoms with Crippen LogP contribution in [0, 0.1) is 0 Å². The maximum Gasteiger partial charge on any atom is 0.151 e. The molecular weight excluding hydrogens is 314 g/mol. The number of anilines is 1. The Labute approximate surface area is 146 Å². The molecule has 25 heavy (non-hydrogen) atoms. The number of rotatable bonds is 5. The zero-order valence-electron chi connectivity index (χ0n) is 14.0. The fourth-order valence-electron chi connectivity index (χ4n) is 3.18. The highest BCUT2D eigenvalue weighted by molar-refractivity contribution is 5.37. The summed E-state index contributed by atoms with van der Waals surface area (Å²) < 4.78 is 1.76. The van der Waals surface area contributed by atoms with E-state index in [-0.39, 0.29) is 0 Å². The molecule has 0 unspecified atom stereocenters. The lowest BCUT2D eigenvalue weighted by Crippen LogP contribution is -2.45. The Balaban J connectivity index is 1.33. The Morgan fingerprint density at radius 2 is 2.08 bits per heavy atom. The van der Waals surface area contributed by atoms with E-state index >= 15 is 0 Å². The first-order chi connectivity index (χ1) is 12.4. The van der Waals surface area contributed by atoms with Crippen LogP contribution in [0.2, 0.25) is 0 Å². The highest BCUT2D eigenvalue weighted by Gasteiger charge is 2.20. The highest BCUT2D eigenvalue weighted by Crippen LogP contribution is 2.17. The van der Waals surface area contributed by atoms with Crippen LogP contribution in [0.25, 0.3) is 5.69 Å². The molecule has 0 bridgehead atoms. The van der Waals surface area contributed by atoms with Crippen molar-refractivity contribution < 1.29 is 0 Å². The monoisotopic (exact) mass is 335 g/mol. The molecule has 1 aromatic carbocycles. The number of hydrogen-bond donors (Lipinski definition) is 1. The van der Waals surface area contributed by atoms with Crippen LogP contribution in [0.1, 0.15) is 18.4 Å². The van der Waals surface area contributed by atoms with Crippen molar-refractivity contribution >= 4 is 5.82 Å². The van der Waals surface area contributed by atoms with E-state index in [9.17, 15) is 0 Å². The smallest absolute Gasteiger partial charge is 0.151 e. The lowest BCUT2D eigenvalue weighted by molar-refractivity contribution is 0.419. The van der Waals surface area contributed by atoms with Gasteiger partial charge in [-0.15, -0.1) is 5.10 Å². The molecule has 7 heteroatoms. The van der Waals surface area contributed by atoms with Gasteiger partial charge in [0.1, 0.15) is 12.7 Å². The van der Waals surface area contributed by atoms with Crippen molar-refractivity contribution in [3.63, 3.8) is 0 Å². The third-order valence-electron chi connectivity index (χ3n) is 4.52. The standard InChI is InChI=1S/C18H21N7/c1-4-18(23-21-9-1)24-10-2-3-16(12-24)20-11-15-5-7-17(8-6-15)25-14-19-13-22-25/h1,4-9,13-14,16,20H,2-3,10-12H2/t16-/m0/s1. The molecule has 0 radical (unpaired) electrons. The van der Waals surface area contributed by atoms with Gasteiger partial charge in [0.05, 0.1) is 5.69 Å². The minimum Gasteiger partial charge on any atom is -0.354 e. The summed E-state index contributed by atoms with van der Waals surface area (Å²) in [7, 11) is 0. The Morgan fingerprint density at radius 1 is 1.16 bits per heavy atom. The molecule has 0 aliphatic carbocycles. The molecule has 1 N–H and O–H groups in total. The van der Waals surface area contributed by atoms with Gasteiger partial charge in [0.15, 0.2) is 5.82 Å². The quantitative estimate of drug-likeness (QED) is 0.767. The molecular formula is C18H21N7. The third-order valence-corrected chi connectivity index (χ3v) is 4.52. The number of nitrogens with one attached hydrogen (secondary N) is 1. The van der Waals surface area contributed by atoms with Crippen LogP contribution in [-0.4, -0.2) is 44.1 Å². The number of benzene rings is 1. The summed E-state index contributed by atoms with van der Waals surface area (Å²) in [6.45, 7) is 2.87. The van der Waals surface area contributed by atoms with E-state index in [4.69, 9.17) is 0 Å². The highest BCUT2D eigenvalue weighted by atomic mass is 15.3. The van der Waals surface area contributed by atoms with Gasteiger partial charge in [0.2, 0.25) is 0 Å². The molecule has 0 saturated carbocycles. The van der Waals surface area contributed by atoms with Crippen LogP contribution in [0.5, 0.6) is 0 Å². The second-order valence-corrected chi connectivity index (χ2v) is 6.25. The van der Waals surface area contributed by atoms with Crippen molar-refractivity contribution in [2.75, 3.05) is 18.0 Å². The van der Waals surface area contributed by atoms with E-state index in [1.54, 1.807) is 23.5 Å². The summed E-state index contributed by atoms with van der Waals surface area (Å²) in [4.78, 5) is 6.28. The van der Waals surface area contributed by atoms with Gasteiger partial charge >= 0.3 is 0 Å². The van der Waals surface area contributed by atoms with Gasteiger partial charge < -0.3 is 10.2 Å². The number of hydrogen-bond acceptors (Lipinski definition) is 6. The second kappa shape index (κ2) is 7.40. The lowest BCUT2D eigenvalue weighted by Gasteiger charge is -2.33. The van der Waals surface area contributed by atoms with Crippen LogP contribution >= 0.6 is 0 Å². The minimum atomic E-state index is 0.464. The van der Waals surface area contributed by atoms with Crippen molar-refractivity contribution in [1.29, 1.82) is 0 Å². The lowest BCUT2D eigenvalue weighted by atomic mass is 10.1. The zero-order valence-corrected chi connectivity index (χ0v) is 14.0. The summed E-state index contributed by atoms with van der Waals surface area (Å²) in [6.07, 6.45) is 7.32. The van der Waals surface area contributed by atoms with Crippen molar-refractivity contribution in [2.24, 2.45) is 0 Å². The number of nitrogens with zero attached hydrogens (tertiary/aromatic N) is 6. The molecule has 1 fully saturated rings. The average molecular weight is 335 g/mol. The molecule has 1 aliphatic rings. The third kappa shape index (κ3) is 3.83. The van der Waals surface area contributed by atoms with E-state index in [0.717, 1.165) is 31.1 Å². The largest absolute Gasteiger partial charge is 0.354 e. The number of piperidine rings is 1. The Bertz CT molecular complexity index is 771. The van der Waals surface area contributed by atoms with E-state index in [0.29, 0.717) is 6.04 Å². The molecule has 1 aliphatic heterocycles. The summed E-state index contributed by atoms with van der Waals surface area (Å²) >= 11 is 0. The molecule has 7 nitrogen and oxygen atoms in total. The van der Waals surface area contributed by atoms with Crippen LogP contribution in [0.15, 0.2) is 55.2 Å². The first kappa shape index (κ1) is 15.7. The van der Waals surface area contributed by atoms with Crippen molar-refractivity contribution in [3.8, 4) is 5.69 Å². The normalized spacial score (nSPS) is 17.6. The van der Waals surface area contributed by atoms with Gasteiger partial charge in [0.25, 0.3) is 0 Å². The number of aromatic nitrogens is 5. The molecule has 1 saturated heterocycles. The summed E-state index contributed by atoms with van der Waals surface area (Å²) in [5.74, 6) is 0.964. The van der Waals surface area contributed by atoms with Gasteiger partial charge in [-0.05, 0) is 42.7 Å². The van der Waals surface area contributed by atoms with Gasteiger partial charge in [0, 0.05) is 31.9 Å². The predicted molar refractivity (Wildman–Crippen MR) is 95.5 cm³/mol. The Morgan fingerprint density at radius 3 is 2.84 bits per heavy atom. The van der Waals surface area contributed by atoms with Crippen molar-refractivity contribution in [3.05, 3.63) is 60.8 Å². The topological polar surface area (TPSA) is 71.8 Å². The maximum absolute atomic E-state index is 4.22. The maximum atomic E-state index is 4.22. The van der Waals surface area contributed by atoms with E-state index < -0.39 is 0 Å². The van der Waals surface area contributed by atoms with Gasteiger partial charge in [-0.3, -0.25) is 0 Å². The van der Waals surface area contributed by atoms with Crippen molar-refractivity contribution in [1.82, 2.24) is 30.3 Å². The first-order valence-electron chi connectivity index (χ1n) is 8.58. The van der Waals surface area contributed by atoms with Crippen LogP contribution < -0.4 is 10.2 Å². The fourth-order valence-corrected chi connectivity index (χ4v) is 3.18. The minimum absolute atomic E-state index is 0.464. The zero-order chi connectivity index (χ0) is 16.9. The van der Waals surface area contributed by atoms with Gasteiger partial charge in [-0.25, -0.2) is 9.67 Å². The van der Waals surface area contributed by atoms with E-state index in [1.165, 1.54) is 18.4 Å². The Kier molecular flexibility index (Phi) is 4.65. The SMILES string of the molecule is c1cnnc(N2CCC[C@H](NCc3ccc(-n4cncn4)cc3)C2)c1. The molecule has 4 rings (SSSR count). The van der Waals surface area contributed by atoms with Crippen molar-refractivity contribution in [2.45, 2.75) is 25.4 Å². The molecule has 128 valence electrons. The molecule has 0 spiro atoms. The molecule has 1 atom stereocenters. The second-order valence-electron chi connectivity index (χ2n) is 6.25. The Hall–Kier alpha value is -2.80. The van der Waals surface area contributed by atoms with Gasteiger partial charge in [-0.1, -0.05) is 12.1 Å². The first-order valence-corrected chi connectivity index (χ1v) is 8.58. The average Bonchev–Trinajstić information content (AvgIpc) is 3.23. The summed E-state index contributed by atoms with van der Waals surface area (Å²) in [5.41, 5.74) is 2.29. The predicted octanol–water partition coefficient (Wildman–Crippen LogP) is 1.82. The van der Waals surface area contributed by atoms with Gasteiger partial charge in [-0.2, -0.15) is 10.2 Å². The molecule has 3 aromatic rings. The molecule has 3 heterocycles. The summed E-state index contributed by atoms with van der Waals surface area (Å²) in [6, 6.07) is 12.8. The fraction of sp³-hybridized carbons (Fsp3) is 0.333. The van der Waals surface area contributed by atoms with Crippen LogP contribution in [0.4, 0.5) is 5.82 Å². The molecule has 2 aromatic heterocycles. The van der Waals surface area contributed by atoms with Crippen LogP contribution in [0.3, 0.4) is 0 Å². The summed E-state index contributed by atoms with van der Waals surface area (Å²) in [5, 5.41) is 16.0. The van der Waals surface area contributed by atoms with E-state index in [1.807, 2.05) is 12.1 Å².